The Morgan fingerprint density at radius 3 is 2.51 bits per heavy atom. The van der Waals surface area contributed by atoms with E-state index in [1.165, 1.54) is 96.3 Å². The van der Waals surface area contributed by atoms with Crippen molar-refractivity contribution in [3.05, 3.63) is 11.6 Å². The third-order valence-electron chi connectivity index (χ3n) is 11.9. The highest BCUT2D eigenvalue weighted by atomic mass is 16.5. The predicted octanol–water partition coefficient (Wildman–Crippen LogP) is 10.4. The molecule has 3 unspecified atom stereocenters. The van der Waals surface area contributed by atoms with Crippen LogP contribution >= 0.6 is 0 Å². The molecular formula is C35H60O2. The number of carbonyl (C=O) groups is 1. The quantitative estimate of drug-likeness (QED) is 0.139. The van der Waals surface area contributed by atoms with Crippen molar-refractivity contribution in [3.8, 4) is 0 Å². The summed E-state index contributed by atoms with van der Waals surface area (Å²) in [5.41, 5.74) is 2.58. The maximum absolute atomic E-state index is 12.5. The number of hydrogen-bond acceptors (Lipinski definition) is 2. The van der Waals surface area contributed by atoms with E-state index in [9.17, 15) is 4.79 Å². The van der Waals surface area contributed by atoms with Crippen LogP contribution in [0.15, 0.2) is 11.6 Å². The molecule has 2 nitrogen and oxygen atoms in total. The highest BCUT2D eigenvalue weighted by molar-refractivity contribution is 5.69. The lowest BCUT2D eigenvalue weighted by atomic mass is 9.47. The summed E-state index contributed by atoms with van der Waals surface area (Å²) < 4.78 is 6.03. The summed E-state index contributed by atoms with van der Waals surface area (Å²) >= 11 is 0. The molecule has 4 rings (SSSR count). The van der Waals surface area contributed by atoms with Crippen LogP contribution in [0.4, 0.5) is 0 Å². The molecule has 4 aliphatic carbocycles. The number of ether oxygens (including phenoxy) is 1. The van der Waals surface area contributed by atoms with Gasteiger partial charge in [-0.2, -0.15) is 0 Å². The molecule has 0 N–H and O–H groups in total. The van der Waals surface area contributed by atoms with Gasteiger partial charge in [-0.3, -0.25) is 4.79 Å². The van der Waals surface area contributed by atoms with Gasteiger partial charge >= 0.3 is 5.97 Å². The Hall–Kier alpha value is -0.790. The van der Waals surface area contributed by atoms with Crippen molar-refractivity contribution in [3.63, 3.8) is 0 Å². The van der Waals surface area contributed by atoms with Gasteiger partial charge in [0.05, 0.1) is 0 Å². The number of esters is 1. The molecule has 212 valence electrons. The molecule has 0 aromatic carbocycles. The minimum atomic E-state index is 0.0530. The number of fused-ring (bicyclic) bond motifs is 5. The first kappa shape index (κ1) is 29.2. The van der Waals surface area contributed by atoms with Crippen molar-refractivity contribution < 1.29 is 9.53 Å². The van der Waals surface area contributed by atoms with E-state index >= 15 is 0 Å². The molecule has 4 aliphatic rings. The Balaban J connectivity index is 1.29. The summed E-state index contributed by atoms with van der Waals surface area (Å²) in [6.45, 7) is 12.3. The van der Waals surface area contributed by atoms with Gasteiger partial charge in [-0.25, -0.2) is 0 Å². The van der Waals surface area contributed by atoms with E-state index in [-0.39, 0.29) is 12.1 Å². The topological polar surface area (TPSA) is 26.3 Å². The largest absolute Gasteiger partial charge is 0.462 e. The van der Waals surface area contributed by atoms with Crippen molar-refractivity contribution in [2.75, 3.05) is 0 Å². The summed E-state index contributed by atoms with van der Waals surface area (Å²) in [5, 5.41) is 0. The fourth-order valence-electron chi connectivity index (χ4n) is 9.55. The van der Waals surface area contributed by atoms with Gasteiger partial charge in [0.15, 0.2) is 0 Å². The van der Waals surface area contributed by atoms with Crippen LogP contribution in [0.25, 0.3) is 0 Å². The van der Waals surface area contributed by atoms with Crippen LogP contribution in [-0.2, 0) is 9.53 Å². The van der Waals surface area contributed by atoms with Crippen LogP contribution in [0, 0.1) is 40.4 Å². The first-order valence-electron chi connectivity index (χ1n) is 16.7. The van der Waals surface area contributed by atoms with Crippen LogP contribution in [0.3, 0.4) is 0 Å². The molecule has 0 heterocycles. The molecule has 0 saturated heterocycles. The summed E-state index contributed by atoms with van der Waals surface area (Å²) in [4.78, 5) is 12.5. The average molecular weight is 513 g/mol. The van der Waals surface area contributed by atoms with Crippen LogP contribution in [0.1, 0.15) is 157 Å². The molecule has 0 bridgehead atoms. The molecule has 0 spiro atoms. The second-order valence-corrected chi connectivity index (χ2v) is 14.6. The van der Waals surface area contributed by atoms with E-state index in [1.807, 2.05) is 0 Å². The van der Waals surface area contributed by atoms with Crippen LogP contribution in [0.2, 0.25) is 0 Å². The normalized spacial score (nSPS) is 37.0. The molecule has 7 atom stereocenters. The van der Waals surface area contributed by atoms with E-state index in [0.29, 0.717) is 17.3 Å². The highest BCUT2D eigenvalue weighted by Crippen LogP contribution is 2.66. The molecular weight excluding hydrogens is 452 g/mol. The van der Waals surface area contributed by atoms with E-state index < -0.39 is 0 Å². The van der Waals surface area contributed by atoms with Crippen molar-refractivity contribution in [2.24, 2.45) is 40.4 Å². The smallest absolute Gasteiger partial charge is 0.306 e. The summed E-state index contributed by atoms with van der Waals surface area (Å²) in [6, 6.07) is 0. The summed E-state index contributed by atoms with van der Waals surface area (Å²) in [7, 11) is 0. The van der Waals surface area contributed by atoms with Crippen molar-refractivity contribution in [1.29, 1.82) is 0 Å². The Kier molecular flexibility index (Phi) is 10.3. The number of rotatable bonds is 13. The van der Waals surface area contributed by atoms with E-state index in [1.54, 1.807) is 5.57 Å². The van der Waals surface area contributed by atoms with E-state index in [2.05, 4.69) is 40.7 Å². The van der Waals surface area contributed by atoms with Crippen LogP contribution < -0.4 is 0 Å². The SMILES string of the molecule is CCCCCCCCC(=O)O[C@H]1CC[C@@]2(C)C(=CCC3C2CC[C@@]2(C)C3CC[C@@H]2CCCCC(C)C)C1. The zero-order chi connectivity index (χ0) is 26.5. The van der Waals surface area contributed by atoms with Crippen LogP contribution in [0.5, 0.6) is 0 Å². The molecule has 0 amide bonds. The third-order valence-corrected chi connectivity index (χ3v) is 11.9. The number of carbonyl (C=O) groups excluding carboxylic acids is 1. The monoisotopic (exact) mass is 512 g/mol. The second kappa shape index (κ2) is 13.0. The number of hydrogen-bond donors (Lipinski definition) is 0. The highest BCUT2D eigenvalue weighted by Gasteiger charge is 2.58. The summed E-state index contributed by atoms with van der Waals surface area (Å²) in [5.74, 6) is 4.54. The zero-order valence-electron chi connectivity index (χ0n) is 25.3. The van der Waals surface area contributed by atoms with Gasteiger partial charge in [0.1, 0.15) is 6.10 Å². The lowest BCUT2D eigenvalue weighted by Gasteiger charge is -2.58. The van der Waals surface area contributed by atoms with Gasteiger partial charge in [0, 0.05) is 12.8 Å². The molecule has 0 radical (unpaired) electrons. The van der Waals surface area contributed by atoms with Crippen molar-refractivity contribution in [2.45, 2.75) is 163 Å². The molecule has 0 aliphatic heterocycles. The van der Waals surface area contributed by atoms with Gasteiger partial charge in [-0.05, 0) is 98.2 Å². The van der Waals surface area contributed by atoms with Gasteiger partial charge in [-0.15, -0.1) is 0 Å². The lowest BCUT2D eigenvalue weighted by Crippen LogP contribution is -2.50. The maximum atomic E-state index is 12.5. The minimum absolute atomic E-state index is 0.0530. The van der Waals surface area contributed by atoms with Gasteiger partial charge < -0.3 is 4.74 Å². The molecule has 0 aromatic heterocycles. The molecule has 2 heteroatoms. The first-order valence-corrected chi connectivity index (χ1v) is 16.7. The van der Waals surface area contributed by atoms with Gasteiger partial charge in [-0.1, -0.05) is 97.6 Å². The van der Waals surface area contributed by atoms with Crippen molar-refractivity contribution in [1.82, 2.24) is 0 Å². The third kappa shape index (κ3) is 6.69. The first-order chi connectivity index (χ1) is 17.8. The van der Waals surface area contributed by atoms with Crippen LogP contribution in [-0.4, -0.2) is 12.1 Å². The Morgan fingerprint density at radius 1 is 0.946 bits per heavy atom. The second-order valence-electron chi connectivity index (χ2n) is 14.6. The Bertz CT molecular complexity index is 767. The van der Waals surface area contributed by atoms with E-state index in [0.717, 1.165) is 48.9 Å². The zero-order valence-corrected chi connectivity index (χ0v) is 25.3. The molecule has 37 heavy (non-hydrogen) atoms. The van der Waals surface area contributed by atoms with Gasteiger partial charge in [0.2, 0.25) is 0 Å². The maximum Gasteiger partial charge on any atom is 0.306 e. The fraction of sp³-hybridized carbons (Fsp3) is 0.914. The molecule has 3 saturated carbocycles. The predicted molar refractivity (Wildman–Crippen MR) is 156 cm³/mol. The Morgan fingerprint density at radius 2 is 1.73 bits per heavy atom. The van der Waals surface area contributed by atoms with E-state index in [4.69, 9.17) is 4.74 Å². The number of allylic oxidation sites excluding steroid dienone is 1. The number of unbranched alkanes of at least 4 members (excludes halogenated alkanes) is 6. The van der Waals surface area contributed by atoms with Gasteiger partial charge in [0.25, 0.3) is 0 Å². The average Bonchev–Trinajstić information content (AvgIpc) is 3.20. The molecule has 3 fully saturated rings. The summed E-state index contributed by atoms with van der Waals surface area (Å²) in [6.07, 6.45) is 26.9. The standard InChI is InChI=1S/C35H60O2/c1-6-7-8-9-10-11-16-33(36)37-29-21-23-35(5)28(25-29)17-19-30-31-20-18-27(15-13-12-14-26(2)3)34(31,4)24-22-32(30)35/h17,26-27,29-32H,6-16,18-25H2,1-5H3/t27-,29-,30?,31?,32?,34+,35-/m0/s1. The Labute approximate surface area is 230 Å². The minimum Gasteiger partial charge on any atom is -0.462 e. The molecule has 0 aromatic rings. The lowest BCUT2D eigenvalue weighted by molar-refractivity contribution is -0.151. The van der Waals surface area contributed by atoms with Crippen molar-refractivity contribution >= 4 is 5.97 Å². The fourth-order valence-corrected chi connectivity index (χ4v) is 9.55.